The van der Waals surface area contributed by atoms with Gasteiger partial charge in [0.15, 0.2) is 0 Å². The number of hydrogen-bond acceptors (Lipinski definition) is 5. The van der Waals surface area contributed by atoms with Gasteiger partial charge < -0.3 is 26.6 Å². The van der Waals surface area contributed by atoms with Crippen molar-refractivity contribution in [3.8, 4) is 11.5 Å². The Morgan fingerprint density at radius 1 is 1.08 bits per heavy atom. The molecule has 0 unspecified atom stereocenters. The van der Waals surface area contributed by atoms with Crippen LogP contribution in [0.25, 0.3) is 0 Å². The van der Waals surface area contributed by atoms with Gasteiger partial charge in [0.1, 0.15) is 11.5 Å². The Labute approximate surface area is 246 Å². The average molecular weight is 531 g/mol. The fourth-order valence-electron chi connectivity index (χ4n) is 5.20. The summed E-state index contributed by atoms with van der Waals surface area (Å²) in [5, 5.41) is 24.4. The second-order valence-electron chi connectivity index (χ2n) is 9.63. The first-order valence-corrected chi connectivity index (χ1v) is 12.9. The molecule has 3 aromatic carbocycles. The summed E-state index contributed by atoms with van der Waals surface area (Å²) < 4.78 is 6.10. The topological polar surface area (TPSA) is 82.0 Å². The predicted molar refractivity (Wildman–Crippen MR) is 143 cm³/mol. The molecule has 2 aliphatic rings. The summed E-state index contributed by atoms with van der Waals surface area (Å²) in [4.78, 5) is 14.0. The zero-order valence-corrected chi connectivity index (χ0v) is 23.9. The van der Waals surface area contributed by atoms with Crippen LogP contribution in [0, 0.1) is 0 Å². The number of aryl methyl sites for hydroxylation is 1. The van der Waals surface area contributed by atoms with Crippen molar-refractivity contribution in [2.45, 2.75) is 44.2 Å². The number of anilines is 1. The first-order valence-electron chi connectivity index (χ1n) is 12.5. The van der Waals surface area contributed by atoms with Gasteiger partial charge in [0.05, 0.1) is 17.4 Å². The summed E-state index contributed by atoms with van der Waals surface area (Å²) in [5.41, 5.74) is 4.34. The van der Waals surface area contributed by atoms with Crippen molar-refractivity contribution < 1.29 is 50.7 Å². The molecule has 8 heteroatoms. The molecule has 6 nitrogen and oxygen atoms in total. The standard InChI is InChI=1S/C29H31ClN2O4.Na.H/c30-22-5-3-4-20(14-22)28(33)18-31-23-8-6-19-7-9-24(16-21(19)15-23)36-25-10-11-27(26(17-25)29(34)35)32-12-1-2-13-32;;/h3-5,7,9-11,14,16-17,23,28,31,33H,1-2,6,8,12-13,15,18H2,(H,34,35);;/q;+1;-1/t23-,28+;;/m0../s1. The first-order chi connectivity index (χ1) is 17.5. The van der Waals surface area contributed by atoms with Gasteiger partial charge in [0.25, 0.3) is 0 Å². The number of hydrogen-bond donors (Lipinski definition) is 3. The minimum absolute atomic E-state index is 0. The van der Waals surface area contributed by atoms with Crippen molar-refractivity contribution in [2.24, 2.45) is 0 Å². The van der Waals surface area contributed by atoms with E-state index in [1.54, 1.807) is 18.2 Å². The molecule has 190 valence electrons. The number of nitrogens with zero attached hydrogens (tertiary/aromatic N) is 1. The normalized spacial score (nSPS) is 17.6. The van der Waals surface area contributed by atoms with Gasteiger partial charge in [0.2, 0.25) is 0 Å². The van der Waals surface area contributed by atoms with Crippen molar-refractivity contribution in [2.75, 3.05) is 24.5 Å². The SMILES string of the molecule is O=C(O)c1cc(Oc2ccc3c(c2)C[C@@H](NC[C@@H](O)c2cccc(Cl)c2)CC3)ccc1N1CCCC1.[H-].[Na+]. The molecular formula is C29H32ClN2NaO4. The monoisotopic (exact) mass is 530 g/mol. The minimum Gasteiger partial charge on any atom is -1.00 e. The number of carboxylic acids is 1. The van der Waals surface area contributed by atoms with Crippen LogP contribution in [0.15, 0.2) is 60.7 Å². The van der Waals surface area contributed by atoms with Gasteiger partial charge in [-0.2, -0.15) is 0 Å². The maximum atomic E-state index is 11.9. The third-order valence-corrected chi connectivity index (χ3v) is 7.36. The second-order valence-corrected chi connectivity index (χ2v) is 10.1. The number of aliphatic hydroxyl groups is 1. The van der Waals surface area contributed by atoms with Gasteiger partial charge >= 0.3 is 35.5 Å². The van der Waals surface area contributed by atoms with Crippen molar-refractivity contribution in [3.05, 3.63) is 87.9 Å². The number of rotatable bonds is 8. The van der Waals surface area contributed by atoms with Crippen molar-refractivity contribution in [3.63, 3.8) is 0 Å². The van der Waals surface area contributed by atoms with E-state index in [1.165, 1.54) is 11.1 Å². The average Bonchev–Trinajstić information content (AvgIpc) is 3.42. The van der Waals surface area contributed by atoms with Crippen molar-refractivity contribution in [1.82, 2.24) is 5.32 Å². The molecule has 1 aliphatic carbocycles. The number of aromatic carboxylic acids is 1. The fourth-order valence-corrected chi connectivity index (χ4v) is 5.40. The van der Waals surface area contributed by atoms with Gasteiger partial charge in [-0.05, 0) is 91.3 Å². The molecule has 5 rings (SSSR count). The Morgan fingerprint density at radius 3 is 2.59 bits per heavy atom. The van der Waals surface area contributed by atoms with Crippen LogP contribution >= 0.6 is 11.6 Å². The molecule has 0 amide bonds. The zero-order valence-electron chi connectivity index (χ0n) is 22.1. The smallest absolute Gasteiger partial charge is 1.00 e. The number of halogens is 1. The number of aliphatic hydroxyl groups excluding tert-OH is 1. The van der Waals surface area contributed by atoms with Gasteiger partial charge in [-0.1, -0.05) is 29.8 Å². The number of nitrogens with one attached hydrogen (secondary N) is 1. The van der Waals surface area contributed by atoms with E-state index in [0.717, 1.165) is 56.4 Å². The summed E-state index contributed by atoms with van der Waals surface area (Å²) in [7, 11) is 0. The van der Waals surface area contributed by atoms with E-state index in [9.17, 15) is 15.0 Å². The van der Waals surface area contributed by atoms with E-state index in [1.807, 2.05) is 36.4 Å². The van der Waals surface area contributed by atoms with Crippen LogP contribution in [0.1, 0.15) is 53.8 Å². The van der Waals surface area contributed by atoms with Gasteiger partial charge in [-0.25, -0.2) is 4.79 Å². The molecule has 0 bridgehead atoms. The van der Waals surface area contributed by atoms with Crippen molar-refractivity contribution in [1.29, 1.82) is 0 Å². The quantitative estimate of drug-likeness (QED) is 0.389. The van der Waals surface area contributed by atoms with E-state index in [0.29, 0.717) is 23.1 Å². The predicted octanol–water partition coefficient (Wildman–Crippen LogP) is 2.73. The van der Waals surface area contributed by atoms with Crippen LogP contribution < -0.4 is 44.5 Å². The van der Waals surface area contributed by atoms with Crippen LogP contribution in [0.5, 0.6) is 11.5 Å². The van der Waals surface area contributed by atoms with Crippen LogP contribution in [-0.2, 0) is 12.8 Å². The third-order valence-electron chi connectivity index (χ3n) is 7.12. The fraction of sp³-hybridized carbons (Fsp3) is 0.345. The van der Waals surface area contributed by atoms with E-state index in [4.69, 9.17) is 16.3 Å². The van der Waals surface area contributed by atoms with E-state index < -0.39 is 12.1 Å². The Balaban J connectivity index is 0.00000200. The summed E-state index contributed by atoms with van der Waals surface area (Å²) in [6, 6.07) is 19.0. The zero-order chi connectivity index (χ0) is 25.1. The number of benzene rings is 3. The summed E-state index contributed by atoms with van der Waals surface area (Å²) in [6.45, 7) is 2.23. The van der Waals surface area contributed by atoms with Gasteiger partial charge in [-0.15, -0.1) is 0 Å². The Hall–Kier alpha value is -2.06. The molecular weight excluding hydrogens is 499 g/mol. The molecule has 1 fully saturated rings. The Kier molecular flexibility index (Phi) is 9.57. The third kappa shape index (κ3) is 6.88. The number of carboxylic acid groups (broad SMARTS) is 1. The second kappa shape index (κ2) is 12.7. The molecule has 1 heterocycles. The molecule has 0 radical (unpaired) electrons. The Bertz CT molecular complexity index is 1250. The number of ether oxygens (including phenoxy) is 1. The largest absolute Gasteiger partial charge is 1.00 e. The van der Waals surface area contributed by atoms with Crippen LogP contribution in [0.3, 0.4) is 0 Å². The molecule has 0 aromatic heterocycles. The van der Waals surface area contributed by atoms with E-state index in [-0.39, 0.29) is 42.6 Å². The number of carbonyl (C=O) groups is 1. The maximum Gasteiger partial charge on any atom is 1.00 e. The molecule has 1 saturated heterocycles. The molecule has 2 atom stereocenters. The summed E-state index contributed by atoms with van der Waals surface area (Å²) in [5.74, 6) is 0.269. The molecule has 0 spiro atoms. The summed E-state index contributed by atoms with van der Waals surface area (Å²) in [6.07, 6.45) is 4.34. The Morgan fingerprint density at radius 2 is 1.84 bits per heavy atom. The first kappa shape index (κ1) is 28.0. The molecule has 0 saturated carbocycles. The van der Waals surface area contributed by atoms with E-state index >= 15 is 0 Å². The molecule has 3 N–H and O–H groups in total. The van der Waals surface area contributed by atoms with Gasteiger partial charge in [-0.3, -0.25) is 0 Å². The van der Waals surface area contributed by atoms with Gasteiger partial charge in [0, 0.05) is 30.7 Å². The van der Waals surface area contributed by atoms with Crippen LogP contribution in [0.2, 0.25) is 5.02 Å². The maximum absolute atomic E-state index is 11.9. The number of fused-ring (bicyclic) bond motifs is 1. The van der Waals surface area contributed by atoms with E-state index in [2.05, 4.69) is 16.3 Å². The molecule has 1 aliphatic heterocycles. The van der Waals surface area contributed by atoms with Crippen molar-refractivity contribution >= 4 is 23.3 Å². The molecule has 37 heavy (non-hydrogen) atoms. The van der Waals surface area contributed by atoms with Crippen LogP contribution in [0.4, 0.5) is 5.69 Å². The van der Waals surface area contributed by atoms with Crippen LogP contribution in [-0.4, -0.2) is 41.9 Å². The minimum atomic E-state index is -0.943. The summed E-state index contributed by atoms with van der Waals surface area (Å²) >= 11 is 6.05. The molecule has 3 aromatic rings.